The quantitative estimate of drug-likeness (QED) is 0.822. The minimum atomic E-state index is -4.46. The van der Waals surface area contributed by atoms with E-state index in [1.54, 1.807) is 12.1 Å². The van der Waals surface area contributed by atoms with Crippen molar-refractivity contribution >= 4 is 11.6 Å². The Hall–Kier alpha value is -1.67. The number of aromatic nitrogens is 1. The molecular formula is C19H21ClF3N3O. The van der Waals surface area contributed by atoms with Crippen LogP contribution in [0.4, 0.5) is 13.2 Å². The fourth-order valence-electron chi connectivity index (χ4n) is 3.52. The molecule has 0 saturated carbocycles. The highest BCUT2D eigenvalue weighted by Crippen LogP contribution is 2.36. The molecule has 1 aromatic carbocycles. The van der Waals surface area contributed by atoms with E-state index in [1.807, 2.05) is 12.1 Å². The van der Waals surface area contributed by atoms with Gasteiger partial charge in [0.1, 0.15) is 5.69 Å². The molecule has 1 saturated heterocycles. The lowest BCUT2D eigenvalue weighted by atomic mass is 9.83. The van der Waals surface area contributed by atoms with Gasteiger partial charge in [0.05, 0.1) is 5.60 Å². The van der Waals surface area contributed by atoms with Gasteiger partial charge in [0.15, 0.2) is 0 Å². The first-order chi connectivity index (χ1) is 12.7. The summed E-state index contributed by atoms with van der Waals surface area (Å²) in [4.78, 5) is 5.61. The van der Waals surface area contributed by atoms with Crippen LogP contribution in [0.5, 0.6) is 0 Å². The molecule has 146 valence electrons. The zero-order valence-corrected chi connectivity index (χ0v) is 15.3. The van der Waals surface area contributed by atoms with E-state index in [0.717, 1.165) is 11.6 Å². The molecule has 4 nitrogen and oxygen atoms in total. The lowest BCUT2D eigenvalue weighted by molar-refractivity contribution is -0.141. The van der Waals surface area contributed by atoms with Crippen molar-refractivity contribution in [2.75, 3.05) is 19.6 Å². The number of piperidine rings is 1. The summed E-state index contributed by atoms with van der Waals surface area (Å²) in [5.74, 6) is 0. The monoisotopic (exact) mass is 399 g/mol. The van der Waals surface area contributed by atoms with Gasteiger partial charge in [0, 0.05) is 36.9 Å². The minimum Gasteiger partial charge on any atom is -0.385 e. The number of nitrogens with zero attached hydrogens (tertiary/aromatic N) is 2. The summed E-state index contributed by atoms with van der Waals surface area (Å²) >= 11 is 5.91. The van der Waals surface area contributed by atoms with E-state index in [1.165, 1.54) is 12.3 Å². The van der Waals surface area contributed by atoms with Crippen molar-refractivity contribution in [3.8, 4) is 0 Å². The van der Waals surface area contributed by atoms with Gasteiger partial charge < -0.3 is 10.8 Å². The van der Waals surface area contributed by atoms with Crippen LogP contribution in [0.2, 0.25) is 5.02 Å². The number of alkyl halides is 3. The standard InChI is InChI=1S/C19H21ClF3N3O/c20-15-4-2-14(3-5-15)18(27)7-9-26(10-8-18)16(11-24)13-1-6-17(25-12-13)19(21,22)23/h1-6,12,16,27H,7-11,24H2. The molecule has 3 rings (SSSR count). The average molecular weight is 400 g/mol. The molecule has 8 heteroatoms. The molecule has 27 heavy (non-hydrogen) atoms. The number of aliphatic hydroxyl groups is 1. The topological polar surface area (TPSA) is 62.4 Å². The molecule has 1 atom stereocenters. The lowest BCUT2D eigenvalue weighted by Gasteiger charge is -2.41. The summed E-state index contributed by atoms with van der Waals surface area (Å²) in [5, 5.41) is 11.6. The number of likely N-dealkylation sites (tertiary alicyclic amines) is 1. The Labute approximate surface area is 160 Å². The maximum atomic E-state index is 12.7. The van der Waals surface area contributed by atoms with Crippen LogP contribution in [0.25, 0.3) is 0 Å². The van der Waals surface area contributed by atoms with Crippen LogP contribution < -0.4 is 5.73 Å². The molecule has 2 aromatic rings. The van der Waals surface area contributed by atoms with Gasteiger partial charge in [0.25, 0.3) is 0 Å². The molecule has 0 bridgehead atoms. The number of pyridine rings is 1. The van der Waals surface area contributed by atoms with E-state index in [2.05, 4.69) is 9.88 Å². The number of rotatable bonds is 4. The average Bonchev–Trinajstić information content (AvgIpc) is 2.64. The number of halogens is 4. The van der Waals surface area contributed by atoms with Crippen LogP contribution in [0.3, 0.4) is 0 Å². The maximum absolute atomic E-state index is 12.7. The highest BCUT2D eigenvalue weighted by Gasteiger charge is 2.37. The highest BCUT2D eigenvalue weighted by molar-refractivity contribution is 6.30. The normalized spacial score (nSPS) is 19.0. The van der Waals surface area contributed by atoms with Crippen molar-refractivity contribution in [1.29, 1.82) is 0 Å². The second kappa shape index (κ2) is 7.75. The number of hydrogen-bond acceptors (Lipinski definition) is 4. The summed E-state index contributed by atoms with van der Waals surface area (Å²) in [7, 11) is 0. The fraction of sp³-hybridized carbons (Fsp3) is 0.421. The van der Waals surface area contributed by atoms with Gasteiger partial charge in [-0.05, 0) is 42.2 Å². The van der Waals surface area contributed by atoms with E-state index in [9.17, 15) is 18.3 Å². The van der Waals surface area contributed by atoms with Gasteiger partial charge in [-0.1, -0.05) is 29.8 Å². The van der Waals surface area contributed by atoms with Crippen molar-refractivity contribution in [2.45, 2.75) is 30.7 Å². The third kappa shape index (κ3) is 4.43. The molecular weight excluding hydrogens is 379 g/mol. The summed E-state index contributed by atoms with van der Waals surface area (Å²) in [6, 6.07) is 9.29. The molecule has 1 unspecified atom stereocenters. The van der Waals surface area contributed by atoms with Crippen LogP contribution in [0, 0.1) is 0 Å². The van der Waals surface area contributed by atoms with Gasteiger partial charge in [-0.2, -0.15) is 13.2 Å². The molecule has 1 aliphatic rings. The Morgan fingerprint density at radius 1 is 1.15 bits per heavy atom. The van der Waals surface area contributed by atoms with E-state index < -0.39 is 17.5 Å². The predicted molar refractivity (Wildman–Crippen MR) is 97.2 cm³/mol. The SMILES string of the molecule is NCC(c1ccc(C(F)(F)F)nc1)N1CCC(O)(c2ccc(Cl)cc2)CC1. The number of hydrogen-bond donors (Lipinski definition) is 2. The Morgan fingerprint density at radius 3 is 2.26 bits per heavy atom. The highest BCUT2D eigenvalue weighted by atomic mass is 35.5. The molecule has 1 aromatic heterocycles. The van der Waals surface area contributed by atoms with Crippen LogP contribution in [0.1, 0.15) is 35.7 Å². The summed E-state index contributed by atoms with van der Waals surface area (Å²) < 4.78 is 38.1. The number of benzene rings is 1. The van der Waals surface area contributed by atoms with E-state index >= 15 is 0 Å². The molecule has 0 aliphatic carbocycles. The van der Waals surface area contributed by atoms with E-state index in [0.29, 0.717) is 36.5 Å². The lowest BCUT2D eigenvalue weighted by Crippen LogP contribution is -2.45. The Kier molecular flexibility index (Phi) is 5.76. The Balaban J connectivity index is 1.71. The van der Waals surface area contributed by atoms with Gasteiger partial charge in [0.2, 0.25) is 0 Å². The second-order valence-electron chi connectivity index (χ2n) is 6.80. The first-order valence-corrected chi connectivity index (χ1v) is 9.06. The van der Waals surface area contributed by atoms with Crippen molar-refractivity contribution in [2.24, 2.45) is 5.73 Å². The van der Waals surface area contributed by atoms with Crippen LogP contribution in [0.15, 0.2) is 42.6 Å². The zero-order chi connectivity index (χ0) is 19.7. The molecule has 0 amide bonds. The third-order valence-electron chi connectivity index (χ3n) is 5.13. The summed E-state index contributed by atoms with van der Waals surface area (Å²) in [6.07, 6.45) is -2.23. The van der Waals surface area contributed by atoms with E-state index in [-0.39, 0.29) is 12.6 Å². The van der Waals surface area contributed by atoms with Crippen LogP contribution in [-0.2, 0) is 11.8 Å². The summed E-state index contributed by atoms with van der Waals surface area (Å²) in [6.45, 7) is 1.40. The number of nitrogens with two attached hydrogens (primary N) is 1. The second-order valence-corrected chi connectivity index (χ2v) is 7.24. The van der Waals surface area contributed by atoms with Crippen LogP contribution in [-0.4, -0.2) is 34.6 Å². The van der Waals surface area contributed by atoms with Gasteiger partial charge in [-0.3, -0.25) is 9.88 Å². The van der Waals surface area contributed by atoms with Crippen molar-refractivity contribution in [1.82, 2.24) is 9.88 Å². The zero-order valence-electron chi connectivity index (χ0n) is 14.6. The minimum absolute atomic E-state index is 0.241. The maximum Gasteiger partial charge on any atom is 0.433 e. The van der Waals surface area contributed by atoms with Crippen molar-refractivity contribution < 1.29 is 18.3 Å². The molecule has 1 aliphatic heterocycles. The third-order valence-corrected chi connectivity index (χ3v) is 5.38. The molecule has 0 spiro atoms. The fourth-order valence-corrected chi connectivity index (χ4v) is 3.65. The Morgan fingerprint density at radius 2 is 1.78 bits per heavy atom. The van der Waals surface area contributed by atoms with E-state index in [4.69, 9.17) is 17.3 Å². The largest absolute Gasteiger partial charge is 0.433 e. The molecule has 1 fully saturated rings. The first kappa shape index (κ1) is 20.1. The first-order valence-electron chi connectivity index (χ1n) is 8.69. The van der Waals surface area contributed by atoms with Gasteiger partial charge >= 0.3 is 6.18 Å². The molecule has 3 N–H and O–H groups in total. The summed E-state index contributed by atoms with van der Waals surface area (Å²) in [5.41, 5.74) is 5.47. The van der Waals surface area contributed by atoms with Crippen LogP contribution >= 0.6 is 11.6 Å². The van der Waals surface area contributed by atoms with Gasteiger partial charge in [-0.25, -0.2) is 0 Å². The van der Waals surface area contributed by atoms with Gasteiger partial charge in [-0.15, -0.1) is 0 Å². The smallest absolute Gasteiger partial charge is 0.385 e. The molecule has 2 heterocycles. The van der Waals surface area contributed by atoms with Crippen molar-refractivity contribution in [3.63, 3.8) is 0 Å². The Bertz CT molecular complexity index is 757. The molecule has 0 radical (unpaired) electrons. The predicted octanol–water partition coefficient (Wildman–Crippen LogP) is 3.74. The van der Waals surface area contributed by atoms with Crippen molar-refractivity contribution in [3.05, 3.63) is 64.4 Å².